The van der Waals surface area contributed by atoms with Crippen molar-refractivity contribution in [3.63, 3.8) is 0 Å². The summed E-state index contributed by atoms with van der Waals surface area (Å²) in [7, 11) is 0. The van der Waals surface area contributed by atoms with Crippen molar-refractivity contribution in [3.05, 3.63) is 15.8 Å². The lowest BCUT2D eigenvalue weighted by molar-refractivity contribution is -0.385. The van der Waals surface area contributed by atoms with Crippen LogP contribution in [0.2, 0.25) is 0 Å². The highest BCUT2D eigenvalue weighted by Gasteiger charge is 2.22. The summed E-state index contributed by atoms with van der Waals surface area (Å²) < 4.78 is 0. The molecule has 21 heavy (non-hydrogen) atoms. The van der Waals surface area contributed by atoms with Crippen LogP contribution in [0.15, 0.2) is 0 Å². The number of aromatic nitrogens is 2. The molecule has 0 radical (unpaired) electrons. The molecule has 1 aromatic heterocycles. The molecule has 0 aromatic carbocycles. The molecule has 8 heteroatoms. The molecule has 1 rings (SSSR count). The van der Waals surface area contributed by atoms with Gasteiger partial charge in [-0.25, -0.2) is 4.98 Å². The minimum atomic E-state index is -0.474. The molecular weight excluding hydrogens is 274 g/mol. The Labute approximate surface area is 124 Å². The molecule has 118 valence electrons. The number of hydrogen-bond donors (Lipinski definition) is 3. The van der Waals surface area contributed by atoms with Crippen LogP contribution in [0.1, 0.15) is 32.4 Å². The molecule has 0 saturated carbocycles. The van der Waals surface area contributed by atoms with Gasteiger partial charge in [-0.1, -0.05) is 13.8 Å². The van der Waals surface area contributed by atoms with E-state index in [4.69, 9.17) is 5.11 Å². The molecule has 0 spiro atoms. The minimum Gasteiger partial charge on any atom is -0.396 e. The summed E-state index contributed by atoms with van der Waals surface area (Å²) >= 11 is 0. The Morgan fingerprint density at radius 2 is 2.10 bits per heavy atom. The zero-order chi connectivity index (χ0) is 15.8. The molecule has 0 saturated heterocycles. The van der Waals surface area contributed by atoms with Crippen LogP contribution in [0.5, 0.6) is 0 Å². The molecule has 1 unspecified atom stereocenters. The average molecular weight is 297 g/mol. The molecule has 8 nitrogen and oxygen atoms in total. The van der Waals surface area contributed by atoms with E-state index in [0.29, 0.717) is 31.2 Å². The number of aliphatic hydroxyl groups excluding tert-OH is 1. The molecule has 0 fully saturated rings. The zero-order valence-corrected chi connectivity index (χ0v) is 12.7. The smallest absolute Gasteiger partial charge is 0.332 e. The first-order valence-electron chi connectivity index (χ1n) is 7.11. The molecule has 0 aliphatic heterocycles. The molecule has 3 N–H and O–H groups in total. The number of rotatable bonds is 9. The van der Waals surface area contributed by atoms with Gasteiger partial charge in [0.2, 0.25) is 11.8 Å². The lowest BCUT2D eigenvalue weighted by Crippen LogP contribution is -2.16. The first kappa shape index (κ1) is 17.1. The number of nitrogens with one attached hydrogen (secondary N) is 2. The third-order valence-electron chi connectivity index (χ3n) is 3.01. The SMILES string of the molecule is CCCNc1nc(C)c([N+](=O)[O-])c(NCC(C)CCO)n1. The summed E-state index contributed by atoms with van der Waals surface area (Å²) in [4.78, 5) is 19.0. The fourth-order valence-corrected chi connectivity index (χ4v) is 1.82. The first-order chi connectivity index (χ1) is 9.99. The Bertz CT molecular complexity index is 481. The Balaban J connectivity index is 2.95. The fourth-order valence-electron chi connectivity index (χ4n) is 1.82. The van der Waals surface area contributed by atoms with E-state index in [-0.39, 0.29) is 24.0 Å². The van der Waals surface area contributed by atoms with E-state index in [1.807, 2.05) is 13.8 Å². The summed E-state index contributed by atoms with van der Waals surface area (Å²) in [5.74, 6) is 0.796. The monoisotopic (exact) mass is 297 g/mol. The van der Waals surface area contributed by atoms with Gasteiger partial charge >= 0.3 is 5.69 Å². The first-order valence-corrected chi connectivity index (χ1v) is 7.11. The average Bonchev–Trinajstić information content (AvgIpc) is 2.42. The number of hydrogen-bond acceptors (Lipinski definition) is 7. The maximum Gasteiger partial charge on any atom is 0.332 e. The highest BCUT2D eigenvalue weighted by atomic mass is 16.6. The highest BCUT2D eigenvalue weighted by Crippen LogP contribution is 2.26. The number of aliphatic hydroxyl groups is 1. The second-order valence-corrected chi connectivity index (χ2v) is 5.01. The van der Waals surface area contributed by atoms with Gasteiger partial charge in [-0.2, -0.15) is 4.98 Å². The van der Waals surface area contributed by atoms with Crippen LogP contribution in [0.25, 0.3) is 0 Å². The molecule has 1 atom stereocenters. The van der Waals surface area contributed by atoms with Crippen LogP contribution in [0, 0.1) is 23.0 Å². The number of nitrogens with zero attached hydrogens (tertiary/aromatic N) is 3. The van der Waals surface area contributed by atoms with Gasteiger partial charge in [-0.15, -0.1) is 0 Å². The summed E-state index contributed by atoms with van der Waals surface area (Å²) in [6.45, 7) is 6.87. The number of aryl methyl sites for hydroxylation is 1. The van der Waals surface area contributed by atoms with Crippen molar-refractivity contribution < 1.29 is 10.0 Å². The van der Waals surface area contributed by atoms with Crippen molar-refractivity contribution in [2.75, 3.05) is 30.3 Å². The predicted molar refractivity (Wildman–Crippen MR) is 81.6 cm³/mol. The zero-order valence-electron chi connectivity index (χ0n) is 12.7. The van der Waals surface area contributed by atoms with Gasteiger partial charge in [0, 0.05) is 19.7 Å². The van der Waals surface area contributed by atoms with Gasteiger partial charge in [-0.05, 0) is 25.7 Å². The van der Waals surface area contributed by atoms with Crippen LogP contribution in [0.3, 0.4) is 0 Å². The standard InChI is InChI=1S/C13H23N5O3/c1-4-6-14-13-16-10(3)11(18(20)21)12(17-13)15-8-9(2)5-7-19/h9,19H,4-8H2,1-3H3,(H2,14,15,16,17). The number of anilines is 2. The van der Waals surface area contributed by atoms with Crippen LogP contribution < -0.4 is 10.6 Å². The summed E-state index contributed by atoms with van der Waals surface area (Å²) in [6, 6.07) is 0. The maximum atomic E-state index is 11.2. The van der Waals surface area contributed by atoms with Crippen LogP contribution in [-0.2, 0) is 0 Å². The molecule has 0 amide bonds. The Morgan fingerprint density at radius 1 is 1.38 bits per heavy atom. The quantitative estimate of drug-likeness (QED) is 0.471. The fraction of sp³-hybridized carbons (Fsp3) is 0.692. The summed E-state index contributed by atoms with van der Waals surface area (Å²) in [6.07, 6.45) is 1.54. The topological polar surface area (TPSA) is 113 Å². The van der Waals surface area contributed by atoms with Crippen molar-refractivity contribution in [3.8, 4) is 0 Å². The molecule has 0 aliphatic carbocycles. The van der Waals surface area contributed by atoms with Crippen molar-refractivity contribution in [2.24, 2.45) is 5.92 Å². The van der Waals surface area contributed by atoms with E-state index in [1.54, 1.807) is 6.92 Å². The van der Waals surface area contributed by atoms with Crippen LogP contribution in [-0.4, -0.2) is 39.7 Å². The van der Waals surface area contributed by atoms with Gasteiger partial charge in [0.25, 0.3) is 0 Å². The molecule has 0 bridgehead atoms. The van der Waals surface area contributed by atoms with Gasteiger partial charge in [0.05, 0.1) is 4.92 Å². The van der Waals surface area contributed by atoms with Crippen molar-refractivity contribution >= 4 is 17.5 Å². The van der Waals surface area contributed by atoms with Crippen LogP contribution >= 0.6 is 0 Å². The van der Waals surface area contributed by atoms with Gasteiger partial charge in [0.1, 0.15) is 5.69 Å². The largest absolute Gasteiger partial charge is 0.396 e. The van der Waals surface area contributed by atoms with E-state index < -0.39 is 4.92 Å². The summed E-state index contributed by atoms with van der Waals surface area (Å²) in [5.41, 5.74) is 0.221. The molecular formula is C13H23N5O3. The Morgan fingerprint density at radius 3 is 2.67 bits per heavy atom. The van der Waals surface area contributed by atoms with Gasteiger partial charge < -0.3 is 15.7 Å². The van der Waals surface area contributed by atoms with Crippen molar-refractivity contribution in [1.82, 2.24) is 9.97 Å². The van der Waals surface area contributed by atoms with E-state index in [2.05, 4.69) is 20.6 Å². The van der Waals surface area contributed by atoms with Crippen molar-refractivity contribution in [2.45, 2.75) is 33.6 Å². The maximum absolute atomic E-state index is 11.2. The van der Waals surface area contributed by atoms with Gasteiger partial charge in [-0.3, -0.25) is 10.1 Å². The number of nitro groups is 1. The lowest BCUT2D eigenvalue weighted by atomic mass is 10.1. The second kappa shape index (κ2) is 8.35. The second-order valence-electron chi connectivity index (χ2n) is 5.01. The minimum absolute atomic E-state index is 0.0943. The van der Waals surface area contributed by atoms with E-state index >= 15 is 0 Å². The lowest BCUT2D eigenvalue weighted by Gasteiger charge is -2.13. The third kappa shape index (κ3) is 5.14. The van der Waals surface area contributed by atoms with E-state index in [0.717, 1.165) is 6.42 Å². The summed E-state index contributed by atoms with van der Waals surface area (Å²) in [5, 5.41) is 26.1. The molecule has 1 aromatic rings. The van der Waals surface area contributed by atoms with Crippen LogP contribution in [0.4, 0.5) is 17.5 Å². The molecule has 0 aliphatic rings. The predicted octanol–water partition coefficient (Wildman–Crippen LogP) is 1.95. The normalized spacial score (nSPS) is 12.0. The molecule has 1 heterocycles. The highest BCUT2D eigenvalue weighted by molar-refractivity contribution is 5.60. The Hall–Kier alpha value is -1.96. The third-order valence-corrected chi connectivity index (χ3v) is 3.01. The van der Waals surface area contributed by atoms with Crippen molar-refractivity contribution in [1.29, 1.82) is 0 Å². The van der Waals surface area contributed by atoms with E-state index in [9.17, 15) is 10.1 Å². The Kier molecular flexibility index (Phi) is 6.80. The van der Waals surface area contributed by atoms with Gasteiger partial charge in [0.15, 0.2) is 0 Å². The van der Waals surface area contributed by atoms with E-state index in [1.165, 1.54) is 0 Å².